The first-order valence-corrected chi connectivity index (χ1v) is 5.83. The molecule has 0 fully saturated rings. The Morgan fingerprint density at radius 3 is 2.41 bits per heavy atom. The summed E-state index contributed by atoms with van der Waals surface area (Å²) in [6.45, 7) is 0. The van der Waals surface area contributed by atoms with Gasteiger partial charge < -0.3 is 0 Å². The molecule has 0 aliphatic carbocycles. The maximum atomic E-state index is 10.6. The molecule has 0 aliphatic heterocycles. The minimum Gasteiger partial charge on any atom is -0.296 e. The van der Waals surface area contributed by atoms with Crippen LogP contribution in [0.25, 0.3) is 11.1 Å². The number of nitrogens with zero attached hydrogens (tertiary/aromatic N) is 1. The molecule has 1 aromatic carbocycles. The van der Waals surface area contributed by atoms with Crippen molar-refractivity contribution in [1.82, 2.24) is 4.98 Å². The summed E-state index contributed by atoms with van der Waals surface area (Å²) >= 11 is 18.0. The molecule has 0 amide bonds. The first-order chi connectivity index (χ1) is 8.13. The Morgan fingerprint density at radius 2 is 1.76 bits per heavy atom. The van der Waals surface area contributed by atoms with Gasteiger partial charge in [0.15, 0.2) is 6.29 Å². The zero-order chi connectivity index (χ0) is 12.4. The SMILES string of the molecule is O=Cc1ccc(-c2cccc(Cl)c2Cl)c(Cl)n1. The van der Waals surface area contributed by atoms with Gasteiger partial charge in [-0.05, 0) is 18.2 Å². The highest BCUT2D eigenvalue weighted by Gasteiger charge is 2.11. The van der Waals surface area contributed by atoms with Gasteiger partial charge in [0.2, 0.25) is 0 Å². The first kappa shape index (κ1) is 12.4. The lowest BCUT2D eigenvalue weighted by Crippen LogP contribution is -1.90. The lowest BCUT2D eigenvalue weighted by molar-refractivity contribution is 0.111. The van der Waals surface area contributed by atoms with E-state index in [0.717, 1.165) is 0 Å². The molecule has 5 heteroatoms. The summed E-state index contributed by atoms with van der Waals surface area (Å²) in [5.74, 6) is 0. The molecular weight excluding hydrogens is 280 g/mol. The van der Waals surface area contributed by atoms with Crippen molar-refractivity contribution < 1.29 is 4.79 Å². The number of halogens is 3. The molecule has 2 aromatic rings. The van der Waals surface area contributed by atoms with Crippen LogP contribution in [0.5, 0.6) is 0 Å². The normalized spacial score (nSPS) is 10.3. The highest BCUT2D eigenvalue weighted by Crippen LogP contribution is 2.36. The number of pyridine rings is 1. The standard InChI is InChI=1S/C12H6Cl3NO/c13-10-3-1-2-8(11(10)14)9-5-4-7(6-17)16-12(9)15/h1-6H. The fraction of sp³-hybridized carbons (Fsp3) is 0. The highest BCUT2D eigenvalue weighted by molar-refractivity contribution is 6.44. The summed E-state index contributed by atoms with van der Waals surface area (Å²) in [5.41, 5.74) is 1.61. The average Bonchev–Trinajstić information content (AvgIpc) is 2.33. The van der Waals surface area contributed by atoms with E-state index in [1.165, 1.54) is 0 Å². The molecule has 17 heavy (non-hydrogen) atoms. The van der Waals surface area contributed by atoms with Crippen LogP contribution in [0.4, 0.5) is 0 Å². The molecule has 1 heterocycles. The van der Waals surface area contributed by atoms with Gasteiger partial charge in [-0.25, -0.2) is 4.98 Å². The lowest BCUT2D eigenvalue weighted by Gasteiger charge is -2.07. The number of carbonyl (C=O) groups is 1. The molecule has 0 aliphatic rings. The molecular formula is C12H6Cl3NO. The van der Waals surface area contributed by atoms with Crippen molar-refractivity contribution in [3.8, 4) is 11.1 Å². The van der Waals surface area contributed by atoms with Crippen molar-refractivity contribution in [2.75, 3.05) is 0 Å². The predicted octanol–water partition coefficient (Wildman–Crippen LogP) is 4.52. The van der Waals surface area contributed by atoms with Gasteiger partial charge in [-0.2, -0.15) is 0 Å². The monoisotopic (exact) mass is 285 g/mol. The summed E-state index contributed by atoms with van der Waals surface area (Å²) in [4.78, 5) is 14.5. The second-order valence-corrected chi connectivity index (χ2v) is 4.44. The molecule has 0 saturated carbocycles. The Bertz CT molecular complexity index is 584. The van der Waals surface area contributed by atoms with Crippen molar-refractivity contribution in [1.29, 1.82) is 0 Å². The molecule has 0 bridgehead atoms. The second kappa shape index (κ2) is 5.05. The average molecular weight is 287 g/mol. The number of aromatic nitrogens is 1. The molecule has 2 rings (SSSR count). The fourth-order valence-electron chi connectivity index (χ4n) is 1.43. The van der Waals surface area contributed by atoms with E-state index in [2.05, 4.69) is 4.98 Å². The van der Waals surface area contributed by atoms with Crippen molar-refractivity contribution in [2.24, 2.45) is 0 Å². The van der Waals surface area contributed by atoms with Crippen LogP contribution in [-0.2, 0) is 0 Å². The summed E-state index contributed by atoms with van der Waals surface area (Å²) < 4.78 is 0. The first-order valence-electron chi connectivity index (χ1n) is 4.69. The second-order valence-electron chi connectivity index (χ2n) is 3.29. The van der Waals surface area contributed by atoms with Gasteiger partial charge in [0.05, 0.1) is 10.0 Å². The van der Waals surface area contributed by atoms with Gasteiger partial charge in [0.1, 0.15) is 10.8 Å². The highest BCUT2D eigenvalue weighted by atomic mass is 35.5. The Kier molecular flexibility index (Phi) is 3.67. The van der Waals surface area contributed by atoms with Crippen LogP contribution in [-0.4, -0.2) is 11.3 Å². The number of rotatable bonds is 2. The van der Waals surface area contributed by atoms with E-state index < -0.39 is 0 Å². The summed E-state index contributed by atoms with van der Waals surface area (Å²) in [6.07, 6.45) is 0.634. The zero-order valence-electron chi connectivity index (χ0n) is 8.45. The van der Waals surface area contributed by atoms with Gasteiger partial charge >= 0.3 is 0 Å². The number of aldehydes is 1. The molecule has 1 aromatic heterocycles. The third-order valence-electron chi connectivity index (χ3n) is 2.23. The Labute approximate surface area is 113 Å². The summed E-state index contributed by atoms with van der Waals surface area (Å²) in [6, 6.07) is 8.52. The zero-order valence-corrected chi connectivity index (χ0v) is 10.7. The Hall–Kier alpha value is -1.09. The van der Waals surface area contributed by atoms with Crippen LogP contribution < -0.4 is 0 Å². The van der Waals surface area contributed by atoms with E-state index in [1.807, 2.05) is 0 Å². The van der Waals surface area contributed by atoms with Gasteiger partial charge in [-0.3, -0.25) is 4.79 Å². The Balaban J connectivity index is 2.61. The largest absolute Gasteiger partial charge is 0.296 e. The third kappa shape index (κ3) is 2.44. The van der Waals surface area contributed by atoms with Crippen LogP contribution in [0.15, 0.2) is 30.3 Å². The van der Waals surface area contributed by atoms with Crippen LogP contribution in [0.3, 0.4) is 0 Å². The summed E-state index contributed by atoms with van der Waals surface area (Å²) in [5, 5.41) is 1.08. The van der Waals surface area contributed by atoms with Crippen molar-refractivity contribution in [3.05, 3.63) is 51.2 Å². The third-order valence-corrected chi connectivity index (χ3v) is 3.34. The number of hydrogen-bond acceptors (Lipinski definition) is 2. The van der Waals surface area contributed by atoms with Crippen LogP contribution in [0.2, 0.25) is 15.2 Å². The molecule has 0 saturated heterocycles. The maximum Gasteiger partial charge on any atom is 0.168 e. The van der Waals surface area contributed by atoms with Gasteiger partial charge in [0.25, 0.3) is 0 Å². The van der Waals surface area contributed by atoms with E-state index in [4.69, 9.17) is 34.8 Å². The number of benzene rings is 1. The quantitative estimate of drug-likeness (QED) is 0.600. The van der Waals surface area contributed by atoms with Gasteiger partial charge in [0, 0.05) is 11.1 Å². The minimum atomic E-state index is 0.221. The maximum absolute atomic E-state index is 10.6. The smallest absolute Gasteiger partial charge is 0.168 e. The predicted molar refractivity (Wildman–Crippen MR) is 70.1 cm³/mol. The summed E-state index contributed by atoms with van der Waals surface area (Å²) in [7, 11) is 0. The van der Waals surface area contributed by atoms with Crippen molar-refractivity contribution in [2.45, 2.75) is 0 Å². The van der Waals surface area contributed by atoms with Gasteiger partial charge in [-0.1, -0.05) is 46.9 Å². The molecule has 86 valence electrons. The Morgan fingerprint density at radius 1 is 1.00 bits per heavy atom. The topological polar surface area (TPSA) is 30.0 Å². The minimum absolute atomic E-state index is 0.221. The fourth-order valence-corrected chi connectivity index (χ4v) is 2.09. The molecule has 0 radical (unpaired) electrons. The van der Waals surface area contributed by atoms with Crippen LogP contribution in [0.1, 0.15) is 10.5 Å². The van der Waals surface area contributed by atoms with Crippen molar-refractivity contribution in [3.63, 3.8) is 0 Å². The molecule has 0 spiro atoms. The molecule has 2 nitrogen and oxygen atoms in total. The van der Waals surface area contributed by atoms with E-state index >= 15 is 0 Å². The van der Waals surface area contributed by atoms with Crippen LogP contribution >= 0.6 is 34.8 Å². The van der Waals surface area contributed by atoms with Gasteiger partial charge in [-0.15, -0.1) is 0 Å². The molecule has 0 atom stereocenters. The number of hydrogen-bond donors (Lipinski definition) is 0. The number of carbonyl (C=O) groups excluding carboxylic acids is 1. The molecule has 0 N–H and O–H groups in total. The van der Waals surface area contributed by atoms with Crippen LogP contribution in [0, 0.1) is 0 Å². The molecule has 0 unspecified atom stereocenters. The van der Waals surface area contributed by atoms with E-state index in [-0.39, 0.29) is 10.8 Å². The van der Waals surface area contributed by atoms with E-state index in [1.54, 1.807) is 30.3 Å². The lowest BCUT2D eigenvalue weighted by atomic mass is 10.1. The van der Waals surface area contributed by atoms with E-state index in [9.17, 15) is 4.79 Å². The van der Waals surface area contributed by atoms with Crippen molar-refractivity contribution >= 4 is 41.1 Å². The van der Waals surface area contributed by atoms with E-state index in [0.29, 0.717) is 27.5 Å².